The first-order valence-electron chi connectivity index (χ1n) is 10.3. The Labute approximate surface area is 201 Å². The number of nitriles is 1. The number of para-hydroxylation sites is 1. The number of hydrogen-bond donors (Lipinski definition) is 1. The number of nitrogens with one attached hydrogen (secondary N) is 1. The lowest BCUT2D eigenvalue weighted by Gasteiger charge is -2.19. The number of aryl methyl sites for hydroxylation is 1. The van der Waals surface area contributed by atoms with Gasteiger partial charge >= 0.3 is 0 Å². The first-order valence-corrected chi connectivity index (χ1v) is 11.5. The molecular formula is C26H20ClN3O2S. The highest BCUT2D eigenvalue weighted by Gasteiger charge is 2.40. The van der Waals surface area contributed by atoms with E-state index >= 15 is 0 Å². The summed E-state index contributed by atoms with van der Waals surface area (Å²) >= 11 is 7.23. The van der Waals surface area contributed by atoms with E-state index in [9.17, 15) is 14.9 Å². The van der Waals surface area contributed by atoms with Crippen molar-refractivity contribution in [1.82, 2.24) is 0 Å². The van der Waals surface area contributed by atoms with E-state index in [0.717, 1.165) is 11.1 Å². The summed E-state index contributed by atoms with van der Waals surface area (Å²) in [6, 6.07) is 25.7. The smallest absolute Gasteiger partial charge is 0.269 e. The first-order chi connectivity index (χ1) is 16.0. The van der Waals surface area contributed by atoms with Gasteiger partial charge in [-0.1, -0.05) is 71.4 Å². The molecule has 0 unspecified atom stereocenters. The molecule has 0 aliphatic carbocycles. The number of nitrogens with zero attached hydrogens (tertiary/aromatic N) is 2. The molecule has 1 aliphatic heterocycles. The Hall–Kier alpha value is -3.53. The first kappa shape index (κ1) is 22.7. The summed E-state index contributed by atoms with van der Waals surface area (Å²) in [5, 5.41) is 13.1. The highest BCUT2D eigenvalue weighted by atomic mass is 35.5. The average molecular weight is 474 g/mol. The van der Waals surface area contributed by atoms with Gasteiger partial charge in [-0.25, -0.2) is 0 Å². The largest absolute Gasteiger partial charge is 0.321 e. The van der Waals surface area contributed by atoms with Crippen molar-refractivity contribution in [3.8, 4) is 6.07 Å². The molecular weight excluding hydrogens is 454 g/mol. The van der Waals surface area contributed by atoms with Gasteiger partial charge in [-0.3, -0.25) is 14.5 Å². The topological polar surface area (TPSA) is 73.2 Å². The zero-order chi connectivity index (χ0) is 23.4. The monoisotopic (exact) mass is 473 g/mol. The Morgan fingerprint density at radius 1 is 1.06 bits per heavy atom. The molecule has 0 aromatic heterocycles. The molecule has 0 radical (unpaired) electrons. The van der Waals surface area contributed by atoms with Crippen molar-refractivity contribution in [2.45, 2.75) is 18.6 Å². The number of thioether (sulfide) groups is 1. The maximum Gasteiger partial charge on any atom is 0.269 e. The van der Waals surface area contributed by atoms with Crippen LogP contribution in [0.15, 0.2) is 89.5 Å². The fraction of sp³-hybridized carbons (Fsp3) is 0.115. The lowest BCUT2D eigenvalue weighted by atomic mass is 10.1. The van der Waals surface area contributed by atoms with Crippen molar-refractivity contribution in [1.29, 1.82) is 5.26 Å². The number of halogens is 1. The Kier molecular flexibility index (Phi) is 6.83. The Bertz CT molecular complexity index is 1250. The maximum absolute atomic E-state index is 13.5. The van der Waals surface area contributed by atoms with Gasteiger partial charge < -0.3 is 5.32 Å². The molecule has 1 atom stereocenters. The molecule has 1 aliphatic rings. The van der Waals surface area contributed by atoms with Crippen LogP contribution in [0.3, 0.4) is 0 Å². The van der Waals surface area contributed by atoms with Gasteiger partial charge in [-0.05, 0) is 55.3 Å². The van der Waals surface area contributed by atoms with E-state index in [2.05, 4.69) is 5.32 Å². The second-order valence-corrected chi connectivity index (χ2v) is 9.19. The zero-order valence-electron chi connectivity index (χ0n) is 17.8. The Morgan fingerprint density at radius 2 is 1.73 bits per heavy atom. The standard InChI is InChI=1S/C26H20ClN3O2S/c1-17-7-13-21(14-8-17)30-25(32)23(15-18-9-11-19(27)12-10-18)33-26(30)22(16-28)24(31)29-20-5-3-2-4-6-20/h2-14,23H,15H2,1H3,(H,29,31)/b26-22-/t23-/m0/s1. The van der Waals surface area contributed by atoms with Crippen LogP contribution >= 0.6 is 23.4 Å². The van der Waals surface area contributed by atoms with Gasteiger partial charge in [-0.15, -0.1) is 0 Å². The minimum Gasteiger partial charge on any atom is -0.321 e. The van der Waals surface area contributed by atoms with E-state index in [1.165, 1.54) is 16.7 Å². The van der Waals surface area contributed by atoms with Gasteiger partial charge in [0.2, 0.25) is 5.91 Å². The second kappa shape index (κ2) is 9.95. The van der Waals surface area contributed by atoms with Crippen molar-refractivity contribution in [2.24, 2.45) is 0 Å². The van der Waals surface area contributed by atoms with Gasteiger partial charge in [-0.2, -0.15) is 5.26 Å². The molecule has 1 fully saturated rings. The van der Waals surface area contributed by atoms with E-state index in [-0.39, 0.29) is 11.5 Å². The van der Waals surface area contributed by atoms with Crippen LogP contribution in [0.2, 0.25) is 5.02 Å². The zero-order valence-corrected chi connectivity index (χ0v) is 19.4. The molecule has 2 amide bonds. The summed E-state index contributed by atoms with van der Waals surface area (Å²) in [6.07, 6.45) is 0.450. The minimum absolute atomic E-state index is 0.101. The fourth-order valence-corrected chi connectivity index (χ4v) is 4.90. The second-order valence-electron chi connectivity index (χ2n) is 7.56. The van der Waals surface area contributed by atoms with Crippen molar-refractivity contribution < 1.29 is 9.59 Å². The number of anilines is 2. The molecule has 3 aromatic carbocycles. The van der Waals surface area contributed by atoms with Crippen LogP contribution in [0.5, 0.6) is 0 Å². The molecule has 164 valence electrons. The SMILES string of the molecule is Cc1ccc(N2C(=O)[C@H](Cc3ccc(Cl)cc3)S/C2=C(/C#N)C(=O)Nc2ccccc2)cc1. The molecule has 33 heavy (non-hydrogen) atoms. The van der Waals surface area contributed by atoms with Crippen LogP contribution in [0.1, 0.15) is 11.1 Å². The molecule has 3 aromatic rings. The number of rotatable bonds is 5. The van der Waals surface area contributed by atoms with Crippen LogP contribution in [-0.2, 0) is 16.0 Å². The Balaban J connectivity index is 1.72. The molecule has 1 saturated heterocycles. The van der Waals surface area contributed by atoms with Gasteiger partial charge in [0.1, 0.15) is 16.7 Å². The van der Waals surface area contributed by atoms with Gasteiger partial charge in [0, 0.05) is 16.4 Å². The van der Waals surface area contributed by atoms with Crippen molar-refractivity contribution >= 4 is 46.6 Å². The van der Waals surface area contributed by atoms with Gasteiger partial charge in [0.15, 0.2) is 0 Å². The number of amides is 2. The molecule has 0 bridgehead atoms. The molecule has 7 heteroatoms. The fourth-order valence-electron chi connectivity index (χ4n) is 3.47. The lowest BCUT2D eigenvalue weighted by molar-refractivity contribution is -0.117. The predicted molar refractivity (Wildman–Crippen MR) is 133 cm³/mol. The molecule has 5 nitrogen and oxygen atoms in total. The maximum atomic E-state index is 13.5. The van der Waals surface area contributed by atoms with E-state index in [1.54, 1.807) is 36.4 Å². The summed E-state index contributed by atoms with van der Waals surface area (Å²) in [7, 11) is 0. The number of hydrogen-bond acceptors (Lipinski definition) is 4. The molecule has 4 rings (SSSR count). The minimum atomic E-state index is -0.553. The number of carbonyl (C=O) groups excluding carboxylic acids is 2. The molecule has 0 spiro atoms. The van der Waals surface area contributed by atoms with Crippen LogP contribution in [0, 0.1) is 18.3 Å². The summed E-state index contributed by atoms with van der Waals surface area (Å²) in [5.74, 6) is -0.725. The molecule has 1 heterocycles. The summed E-state index contributed by atoms with van der Waals surface area (Å²) in [5.41, 5.74) is 3.08. The normalized spacial score (nSPS) is 16.9. The van der Waals surface area contributed by atoms with Crippen molar-refractivity contribution in [3.63, 3.8) is 0 Å². The van der Waals surface area contributed by atoms with Crippen molar-refractivity contribution in [2.75, 3.05) is 10.2 Å². The summed E-state index contributed by atoms with van der Waals surface area (Å²) < 4.78 is 0. The highest BCUT2D eigenvalue weighted by molar-refractivity contribution is 8.05. The quantitative estimate of drug-likeness (QED) is 0.380. The van der Waals surface area contributed by atoms with Crippen LogP contribution < -0.4 is 10.2 Å². The lowest BCUT2D eigenvalue weighted by Crippen LogP contribution is -2.30. The predicted octanol–water partition coefficient (Wildman–Crippen LogP) is 5.71. The average Bonchev–Trinajstić information content (AvgIpc) is 3.12. The highest BCUT2D eigenvalue weighted by Crippen LogP contribution is 2.42. The molecule has 1 N–H and O–H groups in total. The third-order valence-electron chi connectivity index (χ3n) is 5.16. The number of benzene rings is 3. The van der Waals surface area contributed by atoms with Gasteiger partial charge in [0.05, 0.1) is 5.25 Å². The summed E-state index contributed by atoms with van der Waals surface area (Å²) in [4.78, 5) is 28.0. The Morgan fingerprint density at radius 3 is 2.36 bits per heavy atom. The van der Waals surface area contributed by atoms with Crippen LogP contribution in [0.4, 0.5) is 11.4 Å². The van der Waals surface area contributed by atoms with E-state index < -0.39 is 11.2 Å². The van der Waals surface area contributed by atoms with E-state index in [1.807, 2.05) is 55.5 Å². The third-order valence-corrected chi connectivity index (χ3v) is 6.68. The van der Waals surface area contributed by atoms with E-state index in [0.29, 0.717) is 27.8 Å². The van der Waals surface area contributed by atoms with Crippen molar-refractivity contribution in [3.05, 3.63) is 106 Å². The number of carbonyl (C=O) groups is 2. The van der Waals surface area contributed by atoms with Crippen LogP contribution in [0.25, 0.3) is 0 Å². The van der Waals surface area contributed by atoms with E-state index in [4.69, 9.17) is 11.6 Å². The van der Waals surface area contributed by atoms with Crippen LogP contribution in [-0.4, -0.2) is 17.1 Å². The summed E-state index contributed by atoms with van der Waals surface area (Å²) in [6.45, 7) is 1.96. The van der Waals surface area contributed by atoms with Gasteiger partial charge in [0.25, 0.3) is 5.91 Å². The third kappa shape index (κ3) is 5.11. The molecule has 0 saturated carbocycles.